The molecule has 296 valence electrons. The minimum atomic E-state index is -5.33. The van der Waals surface area contributed by atoms with Crippen LogP contribution in [0, 0.1) is 6.92 Å². The van der Waals surface area contributed by atoms with Gasteiger partial charge in [-0.15, -0.1) is 5.11 Å². The maximum atomic E-state index is 13.7. The zero-order chi connectivity index (χ0) is 41.9. The van der Waals surface area contributed by atoms with E-state index in [2.05, 4.69) is 36.6 Å². The maximum Gasteiger partial charge on any atom is 1.00 e. The number of nitrogen functional groups attached to an aromatic ring is 1. The molecule has 0 aliphatic heterocycles. The molecule has 0 saturated carbocycles. The number of hydrogen-bond acceptors (Lipinski definition) is 16. The molecule has 5 aromatic carbocycles. The van der Waals surface area contributed by atoms with E-state index in [1.165, 1.54) is 6.08 Å². The number of nitrogens with one attached hydrogen (secondary N) is 3. The number of benzene rings is 5. The van der Waals surface area contributed by atoms with Crippen molar-refractivity contribution in [3.8, 4) is 11.1 Å². The first-order valence-electron chi connectivity index (χ1n) is 17.4. The summed E-state index contributed by atoms with van der Waals surface area (Å²) in [4.78, 5) is 24.3. The molecule has 5 aromatic rings. The number of anilines is 4. The van der Waals surface area contributed by atoms with Crippen LogP contribution in [0.3, 0.4) is 0 Å². The summed E-state index contributed by atoms with van der Waals surface area (Å²) < 4.78 is 73.6. The van der Waals surface area contributed by atoms with Gasteiger partial charge in [0.15, 0.2) is 0 Å². The summed E-state index contributed by atoms with van der Waals surface area (Å²) in [5, 5.41) is 19.3. The van der Waals surface area contributed by atoms with Crippen LogP contribution in [0.4, 0.5) is 34.1 Å². The molecular weight excluding hydrogens is 843 g/mol. The van der Waals surface area contributed by atoms with Crippen molar-refractivity contribution in [1.29, 1.82) is 0 Å². The molecule has 2 aliphatic rings. The second-order valence-corrected chi connectivity index (χ2v) is 15.7. The Balaban J connectivity index is 0.00000352. The third kappa shape index (κ3) is 10.9. The van der Waals surface area contributed by atoms with Crippen LogP contribution < -0.4 is 81.0 Å². The van der Waals surface area contributed by atoms with Gasteiger partial charge in [0, 0.05) is 17.5 Å². The number of carbonyl (C=O) groups is 2. The van der Waals surface area contributed by atoms with Crippen LogP contribution in [0.15, 0.2) is 163 Å². The van der Waals surface area contributed by atoms with Crippen molar-refractivity contribution in [1.82, 2.24) is 0 Å². The summed E-state index contributed by atoms with van der Waals surface area (Å²) in [6.07, 6.45) is 5.59. The SMILES string of the molecule is Cc1ccccc1NC1=CC(=O)C(=NNc2ccc(-c3ccc(N=Nc4c(S(=O)(=O)[O-])cc5c(c4N)C(=O)C(=NNc4ccccc4)C(S(=O)(=O)[O-])=C5)cc3)cc2)C=C1.[Na+].[Na+]. The predicted octanol–water partition coefficient (Wildman–Crippen LogP) is 1.03. The number of allylic oxidation sites excluding steroid dienone is 4. The predicted molar refractivity (Wildman–Crippen MR) is 222 cm³/mol. The van der Waals surface area contributed by atoms with Crippen molar-refractivity contribution in [2.24, 2.45) is 20.4 Å². The maximum absolute atomic E-state index is 13.7. The number of aryl methyl sites for hydroxylation is 1. The molecule has 0 heterocycles. The molecule has 0 unspecified atom stereocenters. The minimum absolute atomic E-state index is 0. The molecule has 20 heteroatoms. The number of Topliss-reactive ketones (excluding diaryl/α,β-unsaturated/α-hetero) is 1. The summed E-state index contributed by atoms with van der Waals surface area (Å²) in [6, 6.07) is 30.3. The monoisotopic (exact) mass is 872 g/mol. The summed E-state index contributed by atoms with van der Waals surface area (Å²) in [5.41, 5.74) is 14.3. The Morgan fingerprint density at radius 2 is 1.28 bits per heavy atom. The number of azo groups is 1. The van der Waals surface area contributed by atoms with Crippen molar-refractivity contribution >= 4 is 83.4 Å². The van der Waals surface area contributed by atoms with E-state index in [0.29, 0.717) is 23.1 Å². The molecule has 7 rings (SSSR count). The number of fused-ring (bicyclic) bond motifs is 1. The van der Waals surface area contributed by atoms with E-state index in [0.717, 1.165) is 28.5 Å². The van der Waals surface area contributed by atoms with Crippen molar-refractivity contribution in [2.75, 3.05) is 21.9 Å². The summed E-state index contributed by atoms with van der Waals surface area (Å²) in [7, 11) is -10.7. The van der Waals surface area contributed by atoms with Gasteiger partial charge in [0.1, 0.15) is 37.3 Å². The number of ketones is 2. The van der Waals surface area contributed by atoms with Gasteiger partial charge in [-0.25, -0.2) is 16.8 Å². The summed E-state index contributed by atoms with van der Waals surface area (Å²) in [5.74, 6) is -1.40. The van der Waals surface area contributed by atoms with Gasteiger partial charge < -0.3 is 20.2 Å². The largest absolute Gasteiger partial charge is 1.00 e. The number of para-hydroxylation sites is 2. The van der Waals surface area contributed by atoms with E-state index in [1.54, 1.807) is 78.9 Å². The number of hydrogen-bond donors (Lipinski definition) is 4. The van der Waals surface area contributed by atoms with Gasteiger partial charge in [0.25, 0.3) is 0 Å². The summed E-state index contributed by atoms with van der Waals surface area (Å²) in [6.45, 7) is 1.97. The molecule has 0 radical (unpaired) electrons. The summed E-state index contributed by atoms with van der Waals surface area (Å²) >= 11 is 0. The third-order valence-corrected chi connectivity index (χ3v) is 10.6. The molecule has 0 atom stereocenters. The molecule has 0 saturated heterocycles. The Labute approximate surface area is 394 Å². The second kappa shape index (κ2) is 19.6. The molecule has 0 fully saturated rings. The molecule has 0 spiro atoms. The van der Waals surface area contributed by atoms with Crippen LogP contribution in [0.25, 0.3) is 17.2 Å². The van der Waals surface area contributed by atoms with Crippen molar-refractivity contribution in [3.05, 3.63) is 155 Å². The van der Waals surface area contributed by atoms with Gasteiger partial charge in [0.05, 0.1) is 38.1 Å². The van der Waals surface area contributed by atoms with Crippen molar-refractivity contribution < 1.29 is 94.6 Å². The van der Waals surface area contributed by atoms with Crippen LogP contribution in [0.2, 0.25) is 0 Å². The Bertz CT molecular complexity index is 2950. The first kappa shape index (κ1) is 46.7. The van der Waals surface area contributed by atoms with Gasteiger partial charge in [-0.3, -0.25) is 20.4 Å². The van der Waals surface area contributed by atoms with Crippen LogP contribution in [0.1, 0.15) is 21.5 Å². The number of carbonyl (C=O) groups excluding carboxylic acids is 2. The fraction of sp³-hybridized carbons (Fsp3) is 0.0244. The van der Waals surface area contributed by atoms with E-state index in [9.17, 15) is 35.5 Å². The first-order valence-corrected chi connectivity index (χ1v) is 20.2. The van der Waals surface area contributed by atoms with Crippen LogP contribution >= 0.6 is 0 Å². The van der Waals surface area contributed by atoms with Gasteiger partial charge in [-0.05, 0) is 95.9 Å². The van der Waals surface area contributed by atoms with E-state index < -0.39 is 64.0 Å². The zero-order valence-corrected chi connectivity index (χ0v) is 38.3. The van der Waals surface area contributed by atoms with Crippen LogP contribution in [-0.4, -0.2) is 48.9 Å². The quantitative estimate of drug-likeness (QED) is 0.0362. The molecule has 0 amide bonds. The minimum Gasteiger partial charge on any atom is -0.744 e. The fourth-order valence-corrected chi connectivity index (χ4v) is 7.27. The van der Waals surface area contributed by atoms with Gasteiger partial charge >= 0.3 is 59.1 Å². The molecule has 16 nitrogen and oxygen atoms in total. The number of rotatable bonds is 11. The van der Waals surface area contributed by atoms with Crippen molar-refractivity contribution in [3.63, 3.8) is 0 Å². The van der Waals surface area contributed by atoms with Crippen LogP contribution in [0.5, 0.6) is 0 Å². The second-order valence-electron chi connectivity index (χ2n) is 13.0. The van der Waals surface area contributed by atoms with E-state index in [4.69, 9.17) is 5.73 Å². The number of hydrazone groups is 2. The van der Waals surface area contributed by atoms with Gasteiger partial charge in [-0.1, -0.05) is 60.7 Å². The molecular formula is C41H30N8Na2O8S2. The Morgan fingerprint density at radius 3 is 1.90 bits per heavy atom. The smallest absolute Gasteiger partial charge is 0.744 e. The topological polar surface area (TPSA) is 260 Å². The van der Waals surface area contributed by atoms with E-state index >= 15 is 0 Å². The third-order valence-electron chi connectivity index (χ3n) is 8.94. The molecule has 0 bridgehead atoms. The Morgan fingerprint density at radius 1 is 0.672 bits per heavy atom. The first-order chi connectivity index (χ1) is 28.2. The standard InChI is InChI=1S/C41H32N8O8S2.2Na/c1-24-7-5-6-10-32(24)43-31-19-20-33(34(50)23-31)47-44-29-15-11-25(12-16-29)26-13-17-30(18-14-26)46-48-39-35(58(52,53)54)21-27-22-36(59(55,56)57)40(41(51)37(27)38(39)42)49-45-28-8-3-2-4-9-28;;/h2-23,43-45H,42H2,1H3,(H,52,53,54)(H,55,56,57);;/q;2*+1/p-2. The molecule has 5 N–H and O–H groups in total. The number of nitrogens with two attached hydrogens (primary N) is 1. The van der Waals surface area contributed by atoms with E-state index in [-0.39, 0.29) is 76.3 Å². The molecule has 61 heavy (non-hydrogen) atoms. The van der Waals surface area contributed by atoms with Gasteiger partial charge in [0.2, 0.25) is 11.6 Å². The number of nitrogens with zero attached hydrogens (tertiary/aromatic N) is 4. The average Bonchev–Trinajstić information content (AvgIpc) is 3.20. The fourth-order valence-electron chi connectivity index (χ4n) is 5.96. The normalized spacial score (nSPS) is 15.1. The average molecular weight is 873 g/mol. The molecule has 0 aromatic heterocycles. The zero-order valence-electron chi connectivity index (χ0n) is 32.7. The van der Waals surface area contributed by atoms with Crippen LogP contribution in [-0.2, 0) is 25.0 Å². The van der Waals surface area contributed by atoms with Crippen molar-refractivity contribution in [2.45, 2.75) is 11.8 Å². The van der Waals surface area contributed by atoms with E-state index in [1.807, 2.05) is 43.3 Å². The Hall–Kier alpha value is -5.38. The Kier molecular flexibility index (Phi) is 15.0. The molecule has 2 aliphatic carbocycles. The van der Waals surface area contributed by atoms with Gasteiger partial charge in [-0.2, -0.15) is 15.3 Å².